The number of carbonyl (C=O) groups is 5. The molecule has 0 aromatic carbocycles. The van der Waals surface area contributed by atoms with Gasteiger partial charge in [-0.3, -0.25) is 19.2 Å². The molecule has 3 aliphatic rings. The lowest BCUT2D eigenvalue weighted by Gasteiger charge is -2.42. The van der Waals surface area contributed by atoms with E-state index in [0.717, 1.165) is 36.2 Å². The van der Waals surface area contributed by atoms with E-state index in [-0.39, 0.29) is 55.2 Å². The molecule has 0 spiro atoms. The van der Waals surface area contributed by atoms with Gasteiger partial charge in [-0.15, -0.1) is 0 Å². The molecule has 0 aromatic rings. The number of ether oxygens (including phenoxy) is 5. The molecule has 68 heavy (non-hydrogen) atoms. The molecule has 3 rings (SSSR count). The van der Waals surface area contributed by atoms with Gasteiger partial charge in [-0.25, -0.2) is 4.79 Å². The number of carbonyl (C=O) groups excluding carboxylic acids is 4. The molecule has 14 atom stereocenters. The van der Waals surface area contributed by atoms with Crippen LogP contribution in [0.4, 0.5) is 0 Å². The minimum atomic E-state index is -2.38. The van der Waals surface area contributed by atoms with Crippen molar-refractivity contribution in [2.75, 3.05) is 41.1 Å². The number of aliphatic hydroxyl groups excluding tert-OH is 2. The summed E-state index contributed by atoms with van der Waals surface area (Å²) in [5.74, 6) is -7.06. The van der Waals surface area contributed by atoms with E-state index in [2.05, 4.69) is 6.92 Å². The maximum absolute atomic E-state index is 13.6. The molecule has 15 heteroatoms. The third-order valence-electron chi connectivity index (χ3n) is 14.1. The summed E-state index contributed by atoms with van der Waals surface area (Å²) in [5, 5.41) is 41.5. The number of carboxylic acids is 1. The smallest absolute Gasteiger partial charge is 0.326 e. The molecule has 14 unspecified atom stereocenters. The molecule has 1 amide bonds. The number of piperidine rings is 1. The average molecular weight is 958 g/mol. The number of likely N-dealkylation sites (tertiary alicyclic amines) is 1. The molecule has 3 fully saturated rings. The van der Waals surface area contributed by atoms with Crippen molar-refractivity contribution in [2.24, 2.45) is 35.5 Å². The Morgan fingerprint density at radius 3 is 2.22 bits per heavy atom. The van der Waals surface area contributed by atoms with Crippen LogP contribution in [0.25, 0.3) is 0 Å². The van der Waals surface area contributed by atoms with Crippen LogP contribution in [0.2, 0.25) is 0 Å². The molecular weight excluding hydrogens is 875 g/mol. The van der Waals surface area contributed by atoms with Gasteiger partial charge < -0.3 is 49.0 Å². The van der Waals surface area contributed by atoms with Crippen LogP contribution in [0, 0.1) is 35.5 Å². The lowest BCUT2D eigenvalue weighted by molar-refractivity contribution is -0.265. The number of aliphatic carboxylic acids is 1. The second-order valence-electron chi connectivity index (χ2n) is 19.6. The molecule has 1 aliphatic carbocycles. The number of hydrogen-bond acceptors (Lipinski definition) is 13. The summed E-state index contributed by atoms with van der Waals surface area (Å²) < 4.78 is 28.7. The van der Waals surface area contributed by atoms with Crippen molar-refractivity contribution in [2.45, 2.75) is 168 Å². The molecule has 1 saturated carbocycles. The van der Waals surface area contributed by atoms with Gasteiger partial charge in [0.1, 0.15) is 18.2 Å². The normalized spacial score (nSPS) is 28.6. The number of Topliss-reactive ketones (excluding diaryl/α,β-unsaturated/α-hetero) is 2. The predicted octanol–water partition coefficient (Wildman–Crippen LogP) is 6.52. The lowest BCUT2D eigenvalue weighted by atomic mass is 9.80. The van der Waals surface area contributed by atoms with E-state index in [1.807, 2.05) is 57.2 Å². The molecule has 4 N–H and O–H groups in total. The number of nitrogens with zero attached hydrogens (tertiary/aromatic N) is 1. The van der Waals surface area contributed by atoms with Crippen molar-refractivity contribution in [3.8, 4) is 0 Å². The topological polar surface area (TPSA) is 216 Å². The number of amides is 1. The van der Waals surface area contributed by atoms with E-state index in [9.17, 15) is 39.3 Å². The first-order chi connectivity index (χ1) is 32.2. The van der Waals surface area contributed by atoms with Crippen molar-refractivity contribution >= 4 is 29.2 Å². The van der Waals surface area contributed by atoms with Crippen LogP contribution in [0.3, 0.4) is 0 Å². The Morgan fingerprint density at radius 2 is 1.57 bits per heavy atom. The average Bonchev–Trinajstić information content (AvgIpc) is 3.32. The quantitative estimate of drug-likeness (QED) is 0.0299. The number of rotatable bonds is 27. The summed E-state index contributed by atoms with van der Waals surface area (Å²) in [4.78, 5) is 66.2. The molecular formula is C53H83NO14. The lowest BCUT2D eigenvalue weighted by Crippen LogP contribution is -2.60. The summed E-state index contributed by atoms with van der Waals surface area (Å²) in [7, 11) is 4.64. The van der Waals surface area contributed by atoms with Gasteiger partial charge in [-0.2, -0.15) is 0 Å². The maximum Gasteiger partial charge on any atom is 0.326 e. The van der Waals surface area contributed by atoms with Crippen molar-refractivity contribution in [3.05, 3.63) is 59.8 Å². The monoisotopic (exact) mass is 958 g/mol. The number of aliphatic hydroxyl groups is 3. The zero-order valence-corrected chi connectivity index (χ0v) is 42.3. The van der Waals surface area contributed by atoms with Gasteiger partial charge in [0.05, 0.1) is 37.6 Å². The third kappa shape index (κ3) is 17.0. The minimum absolute atomic E-state index is 0.0138. The molecule has 0 radical (unpaired) electrons. The zero-order valence-electron chi connectivity index (χ0n) is 42.3. The van der Waals surface area contributed by atoms with E-state index < -0.39 is 71.7 Å². The van der Waals surface area contributed by atoms with E-state index in [1.165, 1.54) is 7.11 Å². The van der Waals surface area contributed by atoms with E-state index in [0.29, 0.717) is 56.6 Å². The van der Waals surface area contributed by atoms with Gasteiger partial charge in [-0.1, -0.05) is 77.2 Å². The molecule has 2 heterocycles. The van der Waals surface area contributed by atoms with E-state index in [4.69, 9.17) is 28.8 Å². The molecule has 0 aromatic heterocycles. The van der Waals surface area contributed by atoms with Gasteiger partial charge in [0.15, 0.2) is 11.6 Å². The van der Waals surface area contributed by atoms with Crippen LogP contribution in [0.15, 0.2) is 59.8 Å². The second-order valence-corrected chi connectivity index (χ2v) is 19.6. The van der Waals surface area contributed by atoms with Crippen LogP contribution >= 0.6 is 0 Å². The van der Waals surface area contributed by atoms with E-state index >= 15 is 0 Å². The standard InChI is InChI=1S/C53H83NO14/c1-33(16-12-11-13-17-35(3)45(64-8)32-41-22-20-39(7)53(63,68-41)50(59)51(60)54-25-15-14-18-42(54)52(61)62)28-37(5)47(57)49(66-10)48(58)38(6)30-36(4)43(56)23-19-34(2)29-40-21-24-44(67-27-26-55)46(31-40)65-9/h11-13,16-17,19,23,30,33-34,36-37,39-42,44-46,48-49,55,58,63H,14-15,18,20-22,24-29,31-32H2,1-10H3,(H,61,62)/b13-11+,16-12+,23-19+,35-17+,38-30+. The van der Waals surface area contributed by atoms with Gasteiger partial charge >= 0.3 is 5.97 Å². The van der Waals surface area contributed by atoms with Gasteiger partial charge in [0.2, 0.25) is 5.79 Å². The Balaban J connectivity index is 1.50. The van der Waals surface area contributed by atoms with Crippen LogP contribution in [0.1, 0.15) is 119 Å². The van der Waals surface area contributed by atoms with Crippen molar-refractivity contribution in [1.82, 2.24) is 4.90 Å². The molecule has 2 saturated heterocycles. The van der Waals surface area contributed by atoms with E-state index in [1.54, 1.807) is 47.1 Å². The highest BCUT2D eigenvalue weighted by atomic mass is 16.6. The zero-order chi connectivity index (χ0) is 50.7. The molecule has 2 aliphatic heterocycles. The summed E-state index contributed by atoms with van der Waals surface area (Å²) in [6, 6.07) is -1.12. The fourth-order valence-corrected chi connectivity index (χ4v) is 9.86. The predicted molar refractivity (Wildman–Crippen MR) is 258 cm³/mol. The Bertz CT molecular complexity index is 1810. The molecule has 384 valence electrons. The van der Waals surface area contributed by atoms with Crippen molar-refractivity contribution in [1.29, 1.82) is 0 Å². The number of methoxy groups -OCH3 is 3. The highest BCUT2D eigenvalue weighted by Crippen LogP contribution is 2.37. The fraction of sp³-hybridized carbons (Fsp3) is 0.717. The highest BCUT2D eigenvalue weighted by Gasteiger charge is 2.52. The van der Waals surface area contributed by atoms with Crippen molar-refractivity contribution < 1.29 is 68.1 Å². The van der Waals surface area contributed by atoms with Crippen molar-refractivity contribution in [3.63, 3.8) is 0 Å². The first-order valence-corrected chi connectivity index (χ1v) is 24.7. The molecule has 15 nitrogen and oxygen atoms in total. The number of allylic oxidation sites excluding steroid dienone is 8. The van der Waals surface area contributed by atoms with Gasteiger partial charge in [-0.05, 0) is 113 Å². The summed E-state index contributed by atoms with van der Waals surface area (Å²) >= 11 is 0. The first-order valence-electron chi connectivity index (χ1n) is 24.7. The summed E-state index contributed by atoms with van der Waals surface area (Å²) in [6.45, 7) is 13.3. The second kappa shape index (κ2) is 28.9. The molecule has 0 bridgehead atoms. The number of ketones is 3. The van der Waals surface area contributed by atoms with Crippen LogP contribution in [0.5, 0.6) is 0 Å². The fourth-order valence-electron chi connectivity index (χ4n) is 9.86. The third-order valence-corrected chi connectivity index (χ3v) is 14.1. The summed E-state index contributed by atoms with van der Waals surface area (Å²) in [5.41, 5.74) is 1.35. The Kier molecular flexibility index (Phi) is 24.9. The Hall–Kier alpha value is -3.67. The number of hydrogen-bond donors (Lipinski definition) is 4. The van der Waals surface area contributed by atoms with Crippen LogP contribution in [-0.2, 0) is 47.7 Å². The first kappa shape index (κ1) is 58.6. The summed E-state index contributed by atoms with van der Waals surface area (Å²) in [6.07, 6.45) is 18.2. The van der Waals surface area contributed by atoms with Gasteiger partial charge in [0, 0.05) is 52.0 Å². The largest absolute Gasteiger partial charge is 0.480 e. The highest BCUT2D eigenvalue weighted by molar-refractivity contribution is 6.39. The number of carboxylic acid groups (broad SMARTS) is 1. The van der Waals surface area contributed by atoms with Gasteiger partial charge in [0.25, 0.3) is 11.7 Å². The Labute approximate surface area is 405 Å². The van der Waals surface area contributed by atoms with Crippen LogP contribution < -0.4 is 0 Å². The van der Waals surface area contributed by atoms with Crippen LogP contribution in [-0.4, -0.2) is 144 Å². The Morgan fingerprint density at radius 1 is 0.853 bits per heavy atom. The SMILES string of the molecule is COC(CC1CCC(C)C(O)(C(=O)C(=O)N2CCCCC2C(=O)O)O1)/C(C)=C/C=C/C=C/C(C)CC(C)C(=O)C(OC)C(O)/C(C)=C/C(C)C(=O)/C=C/C(C)CC1CCC(OCCO)C(OC)C1. The minimum Gasteiger partial charge on any atom is -0.480 e. The maximum atomic E-state index is 13.6.